The van der Waals surface area contributed by atoms with E-state index < -0.39 is 0 Å². The van der Waals surface area contributed by atoms with Gasteiger partial charge in [0.1, 0.15) is 5.82 Å². The van der Waals surface area contributed by atoms with Gasteiger partial charge in [0, 0.05) is 31.9 Å². The van der Waals surface area contributed by atoms with Crippen LogP contribution in [0.25, 0.3) is 0 Å². The van der Waals surface area contributed by atoms with Crippen LogP contribution in [-0.2, 0) is 0 Å². The van der Waals surface area contributed by atoms with Gasteiger partial charge < -0.3 is 15.3 Å². The van der Waals surface area contributed by atoms with E-state index in [1.54, 1.807) is 0 Å². The molecule has 0 atom stereocenters. The summed E-state index contributed by atoms with van der Waals surface area (Å²) in [5.74, 6) is 1.60. The number of aryl methyl sites for hydroxylation is 1. The summed E-state index contributed by atoms with van der Waals surface area (Å²) in [6, 6.07) is 1.92. The van der Waals surface area contributed by atoms with Crippen LogP contribution in [0.2, 0.25) is 0 Å². The first-order chi connectivity index (χ1) is 7.69. The summed E-state index contributed by atoms with van der Waals surface area (Å²) >= 11 is 0. The van der Waals surface area contributed by atoms with E-state index in [1.807, 2.05) is 20.0 Å². The topological polar surface area (TPSA) is 61.3 Å². The number of aliphatic hydroxyl groups excluding tert-OH is 1. The van der Waals surface area contributed by atoms with Gasteiger partial charge in [-0.05, 0) is 19.8 Å². The molecule has 0 unspecified atom stereocenters. The molecule has 5 nitrogen and oxygen atoms in total. The van der Waals surface area contributed by atoms with Crippen molar-refractivity contribution in [3.8, 4) is 0 Å². The largest absolute Gasteiger partial charge is 0.393 e. The maximum absolute atomic E-state index is 9.45. The minimum Gasteiger partial charge on any atom is -0.393 e. The standard InChI is InChI=1S/C11H18N4O/c1-8-7-10(12-2)14-11(13-8)15-5-3-9(16)4-6-15/h7,9,16H,3-6H2,1-2H3,(H,12,13,14). The molecule has 1 aromatic rings. The average molecular weight is 222 g/mol. The number of hydrogen-bond donors (Lipinski definition) is 2. The molecule has 0 spiro atoms. The average Bonchev–Trinajstić information content (AvgIpc) is 2.29. The number of hydrogen-bond acceptors (Lipinski definition) is 5. The zero-order chi connectivity index (χ0) is 11.5. The lowest BCUT2D eigenvalue weighted by atomic mass is 10.1. The fourth-order valence-electron chi connectivity index (χ4n) is 1.89. The van der Waals surface area contributed by atoms with E-state index in [0.29, 0.717) is 0 Å². The summed E-state index contributed by atoms with van der Waals surface area (Å²) in [6.07, 6.45) is 1.43. The molecule has 0 radical (unpaired) electrons. The fourth-order valence-corrected chi connectivity index (χ4v) is 1.89. The first-order valence-electron chi connectivity index (χ1n) is 5.65. The zero-order valence-electron chi connectivity index (χ0n) is 9.77. The lowest BCUT2D eigenvalue weighted by Crippen LogP contribution is -2.37. The van der Waals surface area contributed by atoms with Gasteiger partial charge in [0.05, 0.1) is 6.10 Å². The zero-order valence-corrected chi connectivity index (χ0v) is 9.77. The molecule has 1 aliphatic rings. The molecule has 2 N–H and O–H groups in total. The van der Waals surface area contributed by atoms with Gasteiger partial charge in [0.2, 0.25) is 5.95 Å². The van der Waals surface area contributed by atoms with Crippen LogP contribution in [0.4, 0.5) is 11.8 Å². The third-order valence-corrected chi connectivity index (χ3v) is 2.85. The third kappa shape index (κ3) is 2.41. The van der Waals surface area contributed by atoms with E-state index in [-0.39, 0.29) is 6.10 Å². The molecule has 1 aromatic heterocycles. The summed E-state index contributed by atoms with van der Waals surface area (Å²) in [5.41, 5.74) is 0.959. The highest BCUT2D eigenvalue weighted by Crippen LogP contribution is 2.18. The SMILES string of the molecule is CNc1cc(C)nc(N2CCC(O)CC2)n1. The molecule has 0 aromatic carbocycles. The smallest absolute Gasteiger partial charge is 0.227 e. The Kier molecular flexibility index (Phi) is 3.24. The van der Waals surface area contributed by atoms with Crippen molar-refractivity contribution in [3.63, 3.8) is 0 Å². The number of piperidine rings is 1. The molecule has 0 saturated carbocycles. The van der Waals surface area contributed by atoms with E-state index >= 15 is 0 Å². The van der Waals surface area contributed by atoms with Crippen LogP contribution in [0, 0.1) is 6.92 Å². The van der Waals surface area contributed by atoms with Crippen LogP contribution >= 0.6 is 0 Å². The molecule has 16 heavy (non-hydrogen) atoms. The molecule has 5 heteroatoms. The van der Waals surface area contributed by atoms with Crippen molar-refractivity contribution in [2.45, 2.75) is 25.9 Å². The van der Waals surface area contributed by atoms with Crippen molar-refractivity contribution >= 4 is 11.8 Å². The fraction of sp³-hybridized carbons (Fsp3) is 0.636. The highest BCUT2D eigenvalue weighted by Gasteiger charge is 2.19. The maximum Gasteiger partial charge on any atom is 0.227 e. The normalized spacial score (nSPS) is 17.6. The third-order valence-electron chi connectivity index (χ3n) is 2.85. The first-order valence-corrected chi connectivity index (χ1v) is 5.65. The molecule has 1 aliphatic heterocycles. The Bertz CT molecular complexity index is 361. The second kappa shape index (κ2) is 4.65. The monoisotopic (exact) mass is 222 g/mol. The van der Waals surface area contributed by atoms with Gasteiger partial charge in [0.15, 0.2) is 0 Å². The molecule has 88 valence electrons. The molecule has 0 amide bonds. The van der Waals surface area contributed by atoms with Gasteiger partial charge in [-0.25, -0.2) is 4.98 Å². The van der Waals surface area contributed by atoms with Crippen LogP contribution in [-0.4, -0.2) is 41.3 Å². The Morgan fingerprint density at radius 2 is 2.06 bits per heavy atom. The van der Waals surface area contributed by atoms with Crippen molar-refractivity contribution in [1.29, 1.82) is 0 Å². The lowest BCUT2D eigenvalue weighted by Gasteiger charge is -2.29. The Balaban J connectivity index is 2.16. The molecule has 2 heterocycles. The van der Waals surface area contributed by atoms with Gasteiger partial charge in [-0.2, -0.15) is 4.98 Å². The van der Waals surface area contributed by atoms with E-state index in [2.05, 4.69) is 20.2 Å². The van der Waals surface area contributed by atoms with Gasteiger partial charge >= 0.3 is 0 Å². The summed E-state index contributed by atoms with van der Waals surface area (Å²) in [5, 5.41) is 12.5. The molecular weight excluding hydrogens is 204 g/mol. The van der Waals surface area contributed by atoms with Crippen molar-refractivity contribution in [2.24, 2.45) is 0 Å². The van der Waals surface area contributed by atoms with Crippen LogP contribution in [0.3, 0.4) is 0 Å². The molecular formula is C11H18N4O. The van der Waals surface area contributed by atoms with Crippen molar-refractivity contribution in [2.75, 3.05) is 30.4 Å². The lowest BCUT2D eigenvalue weighted by molar-refractivity contribution is 0.145. The highest BCUT2D eigenvalue weighted by molar-refractivity contribution is 5.43. The van der Waals surface area contributed by atoms with E-state index in [4.69, 9.17) is 0 Å². The Morgan fingerprint density at radius 1 is 1.38 bits per heavy atom. The molecule has 1 fully saturated rings. The van der Waals surface area contributed by atoms with Crippen LogP contribution in [0.5, 0.6) is 0 Å². The summed E-state index contributed by atoms with van der Waals surface area (Å²) < 4.78 is 0. The van der Waals surface area contributed by atoms with Gasteiger partial charge in [-0.1, -0.05) is 0 Å². The summed E-state index contributed by atoms with van der Waals surface area (Å²) in [6.45, 7) is 3.62. The van der Waals surface area contributed by atoms with Crippen LogP contribution in [0.15, 0.2) is 6.07 Å². The maximum atomic E-state index is 9.45. The van der Waals surface area contributed by atoms with Crippen molar-refractivity contribution in [1.82, 2.24) is 9.97 Å². The number of aliphatic hydroxyl groups is 1. The summed E-state index contributed by atoms with van der Waals surface area (Å²) in [4.78, 5) is 11.0. The summed E-state index contributed by atoms with van der Waals surface area (Å²) in [7, 11) is 1.85. The van der Waals surface area contributed by atoms with E-state index in [9.17, 15) is 5.11 Å². The Hall–Kier alpha value is -1.36. The quantitative estimate of drug-likeness (QED) is 0.774. The van der Waals surface area contributed by atoms with Crippen molar-refractivity contribution < 1.29 is 5.11 Å². The first kappa shape index (κ1) is 11.1. The Labute approximate surface area is 95.5 Å². The number of anilines is 2. The van der Waals surface area contributed by atoms with E-state index in [1.165, 1.54) is 0 Å². The predicted octanol–water partition coefficient (Wildman–Crippen LogP) is 0.788. The minimum absolute atomic E-state index is 0.162. The van der Waals surface area contributed by atoms with Crippen molar-refractivity contribution in [3.05, 3.63) is 11.8 Å². The minimum atomic E-state index is -0.162. The molecule has 0 bridgehead atoms. The number of nitrogens with one attached hydrogen (secondary N) is 1. The van der Waals surface area contributed by atoms with Gasteiger partial charge in [0.25, 0.3) is 0 Å². The van der Waals surface area contributed by atoms with Crippen LogP contribution < -0.4 is 10.2 Å². The number of aromatic nitrogens is 2. The van der Waals surface area contributed by atoms with Crippen LogP contribution in [0.1, 0.15) is 18.5 Å². The van der Waals surface area contributed by atoms with E-state index in [0.717, 1.165) is 43.4 Å². The molecule has 1 saturated heterocycles. The number of rotatable bonds is 2. The second-order valence-electron chi connectivity index (χ2n) is 4.16. The van der Waals surface area contributed by atoms with Gasteiger partial charge in [-0.3, -0.25) is 0 Å². The Morgan fingerprint density at radius 3 is 2.69 bits per heavy atom. The number of nitrogens with zero attached hydrogens (tertiary/aromatic N) is 3. The highest BCUT2D eigenvalue weighted by atomic mass is 16.3. The second-order valence-corrected chi connectivity index (χ2v) is 4.16. The van der Waals surface area contributed by atoms with Gasteiger partial charge in [-0.15, -0.1) is 0 Å². The molecule has 2 rings (SSSR count). The molecule has 0 aliphatic carbocycles. The predicted molar refractivity (Wildman–Crippen MR) is 63.8 cm³/mol.